The van der Waals surface area contributed by atoms with Crippen molar-refractivity contribution in [1.82, 2.24) is 0 Å². The van der Waals surface area contributed by atoms with E-state index < -0.39 is 0 Å². The molecule has 1 aromatic heterocycles. The van der Waals surface area contributed by atoms with E-state index in [4.69, 9.17) is 0 Å². The van der Waals surface area contributed by atoms with Gasteiger partial charge in [-0.15, -0.1) is 11.3 Å². The van der Waals surface area contributed by atoms with Gasteiger partial charge in [0.2, 0.25) is 0 Å². The van der Waals surface area contributed by atoms with Gasteiger partial charge in [0.1, 0.15) is 0 Å². The fourth-order valence-corrected chi connectivity index (χ4v) is 10.1. The molecule has 1 aliphatic rings. The van der Waals surface area contributed by atoms with E-state index in [2.05, 4.69) is 207 Å². The lowest BCUT2D eigenvalue weighted by atomic mass is 9.82. The second kappa shape index (κ2) is 12.3. The van der Waals surface area contributed by atoms with Gasteiger partial charge in [-0.1, -0.05) is 141 Å². The van der Waals surface area contributed by atoms with E-state index in [0.29, 0.717) is 0 Å². The van der Waals surface area contributed by atoms with Crippen LogP contribution in [0.25, 0.3) is 75.1 Å². The predicted molar refractivity (Wildman–Crippen MR) is 237 cm³/mol. The van der Waals surface area contributed by atoms with Crippen LogP contribution in [0.4, 0.5) is 17.1 Å². The summed E-state index contributed by atoms with van der Waals surface area (Å²) in [6, 6.07) is 69.7. The van der Waals surface area contributed by atoms with Crippen molar-refractivity contribution < 1.29 is 0 Å². The molecule has 11 rings (SSSR count). The second-order valence-electron chi connectivity index (χ2n) is 15.4. The summed E-state index contributed by atoms with van der Waals surface area (Å²) in [7, 11) is 0. The van der Waals surface area contributed by atoms with Crippen molar-refractivity contribution in [3.05, 3.63) is 199 Å². The average molecular weight is 720 g/mol. The van der Waals surface area contributed by atoms with Crippen LogP contribution in [-0.2, 0) is 5.41 Å². The monoisotopic (exact) mass is 719 g/mol. The molecule has 0 fully saturated rings. The SMILES string of the molecule is CC1(C)c2ccccc2-c2cc(N(c3ccc(-c4ccc5cc6c(cc5c4)sc4ccccc46)cc3)c3ccc(-c4cccc5ccccc45)cc3)ccc21. The van der Waals surface area contributed by atoms with Crippen LogP contribution in [0, 0.1) is 0 Å². The molecule has 0 unspecified atom stereocenters. The van der Waals surface area contributed by atoms with Crippen molar-refractivity contribution >= 4 is 70.1 Å². The van der Waals surface area contributed by atoms with Crippen molar-refractivity contribution in [3.63, 3.8) is 0 Å². The summed E-state index contributed by atoms with van der Waals surface area (Å²) in [5.74, 6) is 0. The first-order valence-corrected chi connectivity index (χ1v) is 19.9. The lowest BCUT2D eigenvalue weighted by Crippen LogP contribution is -2.15. The van der Waals surface area contributed by atoms with Crippen LogP contribution in [0.1, 0.15) is 25.0 Å². The van der Waals surface area contributed by atoms with E-state index in [-0.39, 0.29) is 5.41 Å². The standard InChI is InChI=1S/C53H37NS/c1-53(2)49-16-7-5-13-45(49)47-33-42(28-29-50(47)53)54(41-26-22-36(23-27-41)44-15-9-11-35-10-3-4-12-43(35)44)40-24-20-34(21-25-40)37-18-19-38-31-48-46-14-6-8-17-51(46)55-52(48)32-39(38)30-37/h3-33H,1-2H3. The van der Waals surface area contributed by atoms with Crippen LogP contribution in [0.15, 0.2) is 188 Å². The minimum absolute atomic E-state index is 0.0420. The number of anilines is 3. The van der Waals surface area contributed by atoms with Gasteiger partial charge in [0, 0.05) is 42.6 Å². The molecule has 10 aromatic rings. The summed E-state index contributed by atoms with van der Waals surface area (Å²) in [4.78, 5) is 2.41. The Bertz CT molecular complexity index is 3110. The Balaban J connectivity index is 1.01. The number of thiophene rings is 1. The van der Waals surface area contributed by atoms with Gasteiger partial charge >= 0.3 is 0 Å². The van der Waals surface area contributed by atoms with E-state index in [0.717, 1.165) is 17.1 Å². The zero-order valence-corrected chi connectivity index (χ0v) is 31.6. The van der Waals surface area contributed by atoms with E-state index >= 15 is 0 Å². The minimum atomic E-state index is -0.0420. The molecule has 260 valence electrons. The zero-order valence-electron chi connectivity index (χ0n) is 30.8. The van der Waals surface area contributed by atoms with E-state index in [1.54, 1.807) is 0 Å². The lowest BCUT2D eigenvalue weighted by molar-refractivity contribution is 0.660. The molecule has 9 aromatic carbocycles. The molecule has 0 saturated carbocycles. The zero-order chi connectivity index (χ0) is 36.7. The Labute approximate surface area is 325 Å². The van der Waals surface area contributed by atoms with Gasteiger partial charge in [-0.25, -0.2) is 0 Å². The second-order valence-corrected chi connectivity index (χ2v) is 16.4. The number of fused-ring (bicyclic) bond motifs is 8. The third-order valence-corrected chi connectivity index (χ3v) is 13.0. The Morgan fingerprint density at radius 1 is 0.364 bits per heavy atom. The smallest absolute Gasteiger partial charge is 0.0468 e. The molecular weight excluding hydrogens is 683 g/mol. The summed E-state index contributed by atoms with van der Waals surface area (Å²) >= 11 is 1.88. The fourth-order valence-electron chi connectivity index (χ4n) is 9.01. The van der Waals surface area contributed by atoms with Crippen LogP contribution in [0.2, 0.25) is 0 Å². The number of rotatable bonds is 5. The van der Waals surface area contributed by atoms with Gasteiger partial charge in [-0.3, -0.25) is 0 Å². The molecule has 2 heteroatoms. The summed E-state index contributed by atoms with van der Waals surface area (Å²) in [6.07, 6.45) is 0. The molecule has 1 nitrogen and oxygen atoms in total. The summed E-state index contributed by atoms with van der Waals surface area (Å²) < 4.78 is 2.68. The van der Waals surface area contributed by atoms with Crippen molar-refractivity contribution in [3.8, 4) is 33.4 Å². The molecule has 0 bridgehead atoms. The summed E-state index contributed by atoms with van der Waals surface area (Å²) in [5, 5.41) is 7.76. The maximum Gasteiger partial charge on any atom is 0.0468 e. The van der Waals surface area contributed by atoms with Gasteiger partial charge in [0.15, 0.2) is 0 Å². The average Bonchev–Trinajstić information content (AvgIpc) is 3.71. The van der Waals surface area contributed by atoms with Crippen molar-refractivity contribution in [2.45, 2.75) is 19.3 Å². The first-order valence-electron chi connectivity index (χ1n) is 19.1. The first-order chi connectivity index (χ1) is 27.0. The molecule has 0 atom stereocenters. The van der Waals surface area contributed by atoms with Crippen LogP contribution in [0.5, 0.6) is 0 Å². The topological polar surface area (TPSA) is 3.24 Å². The van der Waals surface area contributed by atoms with E-state index in [1.165, 1.54) is 86.2 Å². The van der Waals surface area contributed by atoms with Gasteiger partial charge in [0.05, 0.1) is 0 Å². The van der Waals surface area contributed by atoms with Crippen LogP contribution in [-0.4, -0.2) is 0 Å². The van der Waals surface area contributed by atoms with Crippen molar-refractivity contribution in [1.29, 1.82) is 0 Å². The molecule has 1 aliphatic carbocycles. The summed E-state index contributed by atoms with van der Waals surface area (Å²) in [5.41, 5.74) is 13.7. The first kappa shape index (κ1) is 32.0. The molecule has 0 amide bonds. The largest absolute Gasteiger partial charge is 0.310 e. The van der Waals surface area contributed by atoms with Crippen LogP contribution >= 0.6 is 11.3 Å². The molecule has 1 heterocycles. The number of benzene rings is 9. The highest BCUT2D eigenvalue weighted by Gasteiger charge is 2.35. The lowest BCUT2D eigenvalue weighted by Gasteiger charge is -2.27. The Hall–Kier alpha value is -6.48. The van der Waals surface area contributed by atoms with Crippen LogP contribution < -0.4 is 4.90 Å². The quantitative estimate of drug-likeness (QED) is 0.171. The Morgan fingerprint density at radius 3 is 1.84 bits per heavy atom. The maximum atomic E-state index is 2.41. The van der Waals surface area contributed by atoms with Crippen molar-refractivity contribution in [2.75, 3.05) is 4.90 Å². The van der Waals surface area contributed by atoms with Gasteiger partial charge < -0.3 is 4.90 Å². The highest BCUT2D eigenvalue weighted by Crippen LogP contribution is 2.51. The van der Waals surface area contributed by atoms with Crippen molar-refractivity contribution in [2.24, 2.45) is 0 Å². The Kier molecular flexibility index (Phi) is 7.14. The number of nitrogens with zero attached hydrogens (tertiary/aromatic N) is 1. The third kappa shape index (κ3) is 5.13. The van der Waals surface area contributed by atoms with E-state index in [1.807, 2.05) is 11.3 Å². The highest BCUT2D eigenvalue weighted by molar-refractivity contribution is 7.25. The molecule has 55 heavy (non-hydrogen) atoms. The minimum Gasteiger partial charge on any atom is -0.310 e. The van der Waals surface area contributed by atoms with Gasteiger partial charge in [0.25, 0.3) is 0 Å². The highest BCUT2D eigenvalue weighted by atomic mass is 32.1. The van der Waals surface area contributed by atoms with Gasteiger partial charge in [-0.05, 0) is 127 Å². The van der Waals surface area contributed by atoms with E-state index in [9.17, 15) is 0 Å². The molecule has 0 saturated heterocycles. The predicted octanol–water partition coefficient (Wildman–Crippen LogP) is 15.5. The van der Waals surface area contributed by atoms with Crippen LogP contribution in [0.3, 0.4) is 0 Å². The molecular formula is C53H37NS. The van der Waals surface area contributed by atoms with Gasteiger partial charge in [-0.2, -0.15) is 0 Å². The maximum absolute atomic E-state index is 2.41. The fraction of sp³-hybridized carbons (Fsp3) is 0.0566. The molecule has 0 aliphatic heterocycles. The summed E-state index contributed by atoms with van der Waals surface area (Å²) in [6.45, 7) is 4.69. The Morgan fingerprint density at radius 2 is 1.00 bits per heavy atom. The molecule has 0 N–H and O–H groups in total. The molecule has 0 spiro atoms. The number of hydrogen-bond donors (Lipinski definition) is 0. The molecule has 0 radical (unpaired) electrons. The number of hydrogen-bond acceptors (Lipinski definition) is 2. The normalized spacial score (nSPS) is 13.1. The third-order valence-electron chi connectivity index (χ3n) is 11.8.